The predicted octanol–water partition coefficient (Wildman–Crippen LogP) is 3.65. The summed E-state index contributed by atoms with van der Waals surface area (Å²) in [5.74, 6) is 0.952. The van der Waals surface area contributed by atoms with Crippen LogP contribution in [0.3, 0.4) is 0 Å². The van der Waals surface area contributed by atoms with E-state index in [2.05, 4.69) is 24.9 Å². The van der Waals surface area contributed by atoms with Gasteiger partial charge in [0, 0.05) is 11.1 Å². The van der Waals surface area contributed by atoms with E-state index in [1.54, 1.807) is 11.3 Å². The first-order valence-electron chi connectivity index (χ1n) is 5.27. The van der Waals surface area contributed by atoms with Gasteiger partial charge in [0.2, 0.25) is 0 Å². The molecular weight excluding hydrogens is 218 g/mol. The van der Waals surface area contributed by atoms with Gasteiger partial charge in [0.25, 0.3) is 0 Å². The van der Waals surface area contributed by atoms with Crippen LogP contribution >= 0.6 is 11.3 Å². The molecule has 0 atom stereocenters. The fourth-order valence-corrected chi connectivity index (χ4v) is 2.17. The first-order valence-corrected chi connectivity index (χ1v) is 6.15. The van der Waals surface area contributed by atoms with Crippen LogP contribution in [-0.4, -0.2) is 4.98 Å². The van der Waals surface area contributed by atoms with Crippen molar-refractivity contribution in [1.82, 2.24) is 4.98 Å². The molecule has 1 heterocycles. The Kier molecular flexibility index (Phi) is 3.25. The molecule has 3 heteroatoms. The predicted molar refractivity (Wildman–Crippen MR) is 67.1 cm³/mol. The molecule has 0 N–H and O–H groups in total. The van der Waals surface area contributed by atoms with E-state index in [-0.39, 0.29) is 0 Å². The monoisotopic (exact) mass is 233 g/mol. The van der Waals surface area contributed by atoms with Crippen LogP contribution in [0.25, 0.3) is 0 Å². The van der Waals surface area contributed by atoms with E-state index in [0.29, 0.717) is 6.61 Å². The molecule has 0 radical (unpaired) electrons. The average molecular weight is 233 g/mol. The summed E-state index contributed by atoms with van der Waals surface area (Å²) in [7, 11) is 0. The Bertz CT molecular complexity index is 490. The van der Waals surface area contributed by atoms with Gasteiger partial charge in [0.15, 0.2) is 0 Å². The van der Waals surface area contributed by atoms with Crippen LogP contribution in [0.15, 0.2) is 23.6 Å². The number of aromatic nitrogens is 1. The minimum Gasteiger partial charge on any atom is -0.486 e. The minimum absolute atomic E-state index is 0.558. The molecule has 2 rings (SSSR count). The summed E-state index contributed by atoms with van der Waals surface area (Å²) < 4.78 is 5.76. The Morgan fingerprint density at radius 1 is 1.25 bits per heavy atom. The maximum atomic E-state index is 5.76. The van der Waals surface area contributed by atoms with Crippen molar-refractivity contribution < 1.29 is 4.74 Å². The Morgan fingerprint density at radius 2 is 2.06 bits per heavy atom. The summed E-state index contributed by atoms with van der Waals surface area (Å²) in [6, 6.07) is 6.11. The lowest BCUT2D eigenvalue weighted by Crippen LogP contribution is -1.97. The second-order valence-corrected chi connectivity index (χ2v) is 4.81. The highest BCUT2D eigenvalue weighted by Gasteiger charge is 2.03. The molecule has 0 saturated heterocycles. The standard InChI is InChI=1S/C13H15NOS/c1-9-5-4-6-12(11(9)3)15-7-13-14-10(2)8-16-13/h4-6,8H,7H2,1-3H3. The second-order valence-electron chi connectivity index (χ2n) is 3.87. The van der Waals surface area contributed by atoms with Crippen LogP contribution in [0.1, 0.15) is 21.8 Å². The molecule has 0 amide bonds. The second kappa shape index (κ2) is 4.66. The molecular formula is C13H15NOS. The third-order valence-electron chi connectivity index (χ3n) is 2.57. The normalized spacial score (nSPS) is 10.4. The van der Waals surface area contributed by atoms with Crippen molar-refractivity contribution in [2.75, 3.05) is 0 Å². The quantitative estimate of drug-likeness (QED) is 0.807. The summed E-state index contributed by atoms with van der Waals surface area (Å²) in [4.78, 5) is 4.37. The Balaban J connectivity index is 2.07. The van der Waals surface area contributed by atoms with Crippen molar-refractivity contribution in [3.8, 4) is 5.75 Å². The van der Waals surface area contributed by atoms with E-state index >= 15 is 0 Å². The van der Waals surface area contributed by atoms with Crippen molar-refractivity contribution >= 4 is 11.3 Å². The smallest absolute Gasteiger partial charge is 0.140 e. The third-order valence-corrected chi connectivity index (χ3v) is 3.51. The third kappa shape index (κ3) is 2.42. The lowest BCUT2D eigenvalue weighted by atomic mass is 10.1. The number of hydrogen-bond acceptors (Lipinski definition) is 3. The van der Waals surface area contributed by atoms with Gasteiger partial charge in [-0.3, -0.25) is 0 Å². The van der Waals surface area contributed by atoms with Gasteiger partial charge in [0.1, 0.15) is 17.4 Å². The zero-order chi connectivity index (χ0) is 11.5. The van der Waals surface area contributed by atoms with Crippen molar-refractivity contribution in [2.24, 2.45) is 0 Å². The molecule has 0 spiro atoms. The van der Waals surface area contributed by atoms with Crippen molar-refractivity contribution in [3.63, 3.8) is 0 Å². The Morgan fingerprint density at radius 3 is 2.75 bits per heavy atom. The zero-order valence-corrected chi connectivity index (χ0v) is 10.6. The molecule has 0 saturated carbocycles. The van der Waals surface area contributed by atoms with Crippen LogP contribution in [0, 0.1) is 20.8 Å². The van der Waals surface area contributed by atoms with Crippen molar-refractivity contribution in [1.29, 1.82) is 0 Å². The molecule has 1 aromatic heterocycles. The molecule has 0 aliphatic carbocycles. The van der Waals surface area contributed by atoms with Crippen LogP contribution in [0.2, 0.25) is 0 Å². The number of rotatable bonds is 3. The molecule has 1 aromatic carbocycles. The first-order chi connectivity index (χ1) is 7.66. The van der Waals surface area contributed by atoms with Crippen LogP contribution in [-0.2, 0) is 6.61 Å². The van der Waals surface area contributed by atoms with Crippen molar-refractivity contribution in [3.05, 3.63) is 45.4 Å². The molecule has 0 aliphatic rings. The summed E-state index contributed by atoms with van der Waals surface area (Å²) in [5.41, 5.74) is 3.52. The summed E-state index contributed by atoms with van der Waals surface area (Å²) in [6.07, 6.45) is 0. The van der Waals surface area contributed by atoms with Gasteiger partial charge in [-0.25, -0.2) is 4.98 Å². The molecule has 0 unspecified atom stereocenters. The van der Waals surface area contributed by atoms with Gasteiger partial charge < -0.3 is 4.74 Å². The summed E-state index contributed by atoms with van der Waals surface area (Å²) in [6.45, 7) is 6.73. The highest BCUT2D eigenvalue weighted by Crippen LogP contribution is 2.22. The number of nitrogens with zero attached hydrogens (tertiary/aromatic N) is 1. The fourth-order valence-electron chi connectivity index (χ4n) is 1.49. The van der Waals surface area contributed by atoms with Crippen LogP contribution < -0.4 is 4.74 Å². The minimum atomic E-state index is 0.558. The van der Waals surface area contributed by atoms with Crippen molar-refractivity contribution in [2.45, 2.75) is 27.4 Å². The SMILES string of the molecule is Cc1csc(COc2cccc(C)c2C)n1. The van der Waals surface area contributed by atoms with Crippen LogP contribution in [0.4, 0.5) is 0 Å². The largest absolute Gasteiger partial charge is 0.486 e. The molecule has 2 nitrogen and oxygen atoms in total. The molecule has 0 fully saturated rings. The van der Waals surface area contributed by atoms with E-state index in [9.17, 15) is 0 Å². The summed E-state index contributed by atoms with van der Waals surface area (Å²) >= 11 is 1.64. The highest BCUT2D eigenvalue weighted by atomic mass is 32.1. The van der Waals surface area contributed by atoms with Gasteiger partial charge in [-0.15, -0.1) is 11.3 Å². The molecule has 0 bridgehead atoms. The van der Waals surface area contributed by atoms with Gasteiger partial charge in [-0.05, 0) is 38.0 Å². The number of hydrogen-bond donors (Lipinski definition) is 0. The maximum Gasteiger partial charge on any atom is 0.140 e. The van der Waals surface area contributed by atoms with Crippen LogP contribution in [0.5, 0.6) is 5.75 Å². The van der Waals surface area contributed by atoms with E-state index in [4.69, 9.17) is 4.74 Å². The van der Waals surface area contributed by atoms with E-state index in [0.717, 1.165) is 16.5 Å². The summed E-state index contributed by atoms with van der Waals surface area (Å²) in [5, 5.41) is 3.07. The topological polar surface area (TPSA) is 22.1 Å². The van der Waals surface area contributed by atoms with Gasteiger partial charge in [0.05, 0.1) is 0 Å². The zero-order valence-electron chi connectivity index (χ0n) is 9.78. The van der Waals surface area contributed by atoms with Gasteiger partial charge in [-0.2, -0.15) is 0 Å². The molecule has 16 heavy (non-hydrogen) atoms. The maximum absolute atomic E-state index is 5.76. The molecule has 0 aliphatic heterocycles. The van der Waals surface area contributed by atoms with Gasteiger partial charge in [-0.1, -0.05) is 12.1 Å². The molecule has 84 valence electrons. The van der Waals surface area contributed by atoms with E-state index < -0.39 is 0 Å². The fraction of sp³-hybridized carbons (Fsp3) is 0.308. The highest BCUT2D eigenvalue weighted by molar-refractivity contribution is 7.09. The number of ether oxygens (including phenoxy) is 1. The Hall–Kier alpha value is -1.35. The number of benzene rings is 1. The number of aryl methyl sites for hydroxylation is 2. The first kappa shape index (κ1) is 11.1. The molecule has 2 aromatic rings. The number of thiazole rings is 1. The lowest BCUT2D eigenvalue weighted by Gasteiger charge is -2.09. The average Bonchev–Trinajstić information content (AvgIpc) is 2.67. The van der Waals surface area contributed by atoms with E-state index in [1.165, 1.54) is 11.1 Å². The lowest BCUT2D eigenvalue weighted by molar-refractivity contribution is 0.303. The van der Waals surface area contributed by atoms with Gasteiger partial charge >= 0.3 is 0 Å². The van der Waals surface area contributed by atoms with E-state index in [1.807, 2.05) is 24.4 Å². The Labute approximate surface area is 99.9 Å².